The molecule has 1 aromatic rings. The molecular weight excluding hydrogens is 329 g/mol. The molecule has 1 aromatic carbocycles. The lowest BCUT2D eigenvalue weighted by molar-refractivity contribution is -0.139. The molecule has 0 aromatic heterocycles. The van der Waals surface area contributed by atoms with E-state index < -0.39 is 12.6 Å². The van der Waals surface area contributed by atoms with Gasteiger partial charge < -0.3 is 14.7 Å². The number of rotatable bonds is 8. The van der Waals surface area contributed by atoms with Crippen LogP contribution in [0.4, 0.5) is 0 Å². The van der Waals surface area contributed by atoms with Crippen molar-refractivity contribution in [3.8, 4) is 5.75 Å². The molecule has 0 heterocycles. The Bertz CT molecular complexity index is 520. The maximum atomic E-state index is 12.4. The monoisotopic (exact) mass is 349 g/mol. The number of hydrogen-bond acceptors (Lipinski definition) is 4. The highest BCUT2D eigenvalue weighted by molar-refractivity contribution is 6.32. The lowest BCUT2D eigenvalue weighted by atomic mass is 9.95. The summed E-state index contributed by atoms with van der Waals surface area (Å²) in [5.74, 6) is -0.890. The molecule has 1 unspecified atom stereocenters. The molecule has 0 aliphatic heterocycles. The fourth-order valence-electron chi connectivity index (χ4n) is 1.98. The topological polar surface area (TPSA) is 66.8 Å². The summed E-state index contributed by atoms with van der Waals surface area (Å²) in [6, 6.07) is 4.67. The van der Waals surface area contributed by atoms with Crippen molar-refractivity contribution in [2.75, 3.05) is 27.2 Å². The summed E-state index contributed by atoms with van der Waals surface area (Å²) in [6.45, 7) is 2.17. The molecular formula is C15H21Cl2NO4. The molecule has 124 valence electrons. The number of halogens is 2. The van der Waals surface area contributed by atoms with Crippen molar-refractivity contribution in [2.45, 2.75) is 13.3 Å². The molecule has 0 bridgehead atoms. The predicted octanol–water partition coefficient (Wildman–Crippen LogP) is 3.00. The Labute approximate surface area is 141 Å². The Morgan fingerprint density at radius 1 is 1.36 bits per heavy atom. The van der Waals surface area contributed by atoms with E-state index in [4.69, 9.17) is 21.4 Å². The number of ether oxygens (including phenoxy) is 1. The Balaban J connectivity index is 0.00000441. The molecule has 0 amide bonds. The van der Waals surface area contributed by atoms with Crippen LogP contribution in [0.15, 0.2) is 18.2 Å². The van der Waals surface area contributed by atoms with Gasteiger partial charge in [0.25, 0.3) is 0 Å². The number of carboxylic acid groups (broad SMARTS) is 1. The van der Waals surface area contributed by atoms with E-state index in [9.17, 15) is 9.59 Å². The van der Waals surface area contributed by atoms with Crippen molar-refractivity contribution in [3.63, 3.8) is 0 Å². The van der Waals surface area contributed by atoms with E-state index in [0.717, 1.165) is 6.42 Å². The Hall–Kier alpha value is -1.30. The summed E-state index contributed by atoms with van der Waals surface area (Å²) in [5.41, 5.74) is 0.511. The molecule has 0 aliphatic rings. The van der Waals surface area contributed by atoms with Gasteiger partial charge in [0, 0.05) is 18.0 Å². The third-order valence-electron chi connectivity index (χ3n) is 3.02. The van der Waals surface area contributed by atoms with Crippen LogP contribution in [0.3, 0.4) is 0 Å². The van der Waals surface area contributed by atoms with Crippen LogP contribution < -0.4 is 4.74 Å². The zero-order chi connectivity index (χ0) is 16.0. The molecule has 7 heteroatoms. The van der Waals surface area contributed by atoms with Crippen molar-refractivity contribution in [1.29, 1.82) is 0 Å². The highest BCUT2D eigenvalue weighted by atomic mass is 35.5. The van der Waals surface area contributed by atoms with Crippen LogP contribution >= 0.6 is 24.0 Å². The van der Waals surface area contributed by atoms with Crippen molar-refractivity contribution < 1.29 is 19.4 Å². The zero-order valence-corrected chi connectivity index (χ0v) is 14.4. The molecule has 5 nitrogen and oxygen atoms in total. The van der Waals surface area contributed by atoms with E-state index >= 15 is 0 Å². The number of aliphatic carboxylic acids is 1. The predicted molar refractivity (Wildman–Crippen MR) is 88.5 cm³/mol. The van der Waals surface area contributed by atoms with Crippen molar-refractivity contribution in [3.05, 3.63) is 28.8 Å². The average molecular weight is 350 g/mol. The lowest BCUT2D eigenvalue weighted by Gasteiger charge is -2.18. The van der Waals surface area contributed by atoms with E-state index in [1.807, 2.05) is 25.9 Å². The van der Waals surface area contributed by atoms with Crippen molar-refractivity contribution in [1.82, 2.24) is 4.90 Å². The smallest absolute Gasteiger partial charge is 0.341 e. The van der Waals surface area contributed by atoms with Gasteiger partial charge in [0.05, 0.1) is 5.02 Å². The maximum absolute atomic E-state index is 12.4. The summed E-state index contributed by atoms with van der Waals surface area (Å²) in [6.07, 6.45) is 0.742. The van der Waals surface area contributed by atoms with Crippen LogP contribution in [0, 0.1) is 5.92 Å². The van der Waals surface area contributed by atoms with Crippen LogP contribution in [0.5, 0.6) is 5.75 Å². The fourth-order valence-corrected chi connectivity index (χ4v) is 2.22. The average Bonchev–Trinajstić information content (AvgIpc) is 2.42. The number of benzene rings is 1. The van der Waals surface area contributed by atoms with E-state index in [1.165, 1.54) is 12.1 Å². The SMILES string of the molecule is CCC(CN(C)C)C(=O)c1ccc(OCC(=O)O)c(Cl)c1.Cl. The number of carbonyl (C=O) groups is 2. The molecule has 22 heavy (non-hydrogen) atoms. The number of carboxylic acids is 1. The zero-order valence-electron chi connectivity index (χ0n) is 12.8. The largest absolute Gasteiger partial charge is 0.480 e. The van der Waals surface area contributed by atoms with Crippen LogP contribution in [-0.2, 0) is 4.79 Å². The Morgan fingerprint density at radius 3 is 2.45 bits per heavy atom. The summed E-state index contributed by atoms with van der Waals surface area (Å²) in [7, 11) is 3.84. The normalized spacial score (nSPS) is 11.7. The molecule has 0 saturated heterocycles. The van der Waals surface area contributed by atoms with Gasteiger partial charge in [-0.2, -0.15) is 0 Å². The number of Topliss-reactive ketones (excluding diaryl/α,β-unsaturated/α-hetero) is 1. The summed E-state index contributed by atoms with van der Waals surface area (Å²) in [4.78, 5) is 24.9. The molecule has 0 radical (unpaired) electrons. The highest BCUT2D eigenvalue weighted by Gasteiger charge is 2.20. The first-order valence-corrected chi connectivity index (χ1v) is 7.06. The van der Waals surface area contributed by atoms with Gasteiger partial charge in [-0.1, -0.05) is 18.5 Å². The molecule has 0 aliphatic carbocycles. The molecule has 1 atom stereocenters. The number of nitrogens with zero attached hydrogens (tertiary/aromatic N) is 1. The second-order valence-electron chi connectivity index (χ2n) is 5.06. The van der Waals surface area contributed by atoms with Gasteiger partial charge in [0.2, 0.25) is 0 Å². The Morgan fingerprint density at radius 2 is 2.00 bits per heavy atom. The van der Waals surface area contributed by atoms with E-state index in [2.05, 4.69) is 0 Å². The quantitative estimate of drug-likeness (QED) is 0.730. The first kappa shape index (κ1) is 20.7. The van der Waals surface area contributed by atoms with E-state index in [-0.39, 0.29) is 34.9 Å². The van der Waals surface area contributed by atoms with Gasteiger partial charge in [-0.3, -0.25) is 4.79 Å². The molecule has 0 saturated carbocycles. The minimum atomic E-state index is -1.08. The minimum absolute atomic E-state index is 0. The number of ketones is 1. The van der Waals surface area contributed by atoms with Gasteiger partial charge >= 0.3 is 5.97 Å². The van der Waals surface area contributed by atoms with Gasteiger partial charge in [-0.05, 0) is 38.7 Å². The number of carbonyl (C=O) groups excluding carboxylic acids is 1. The second-order valence-corrected chi connectivity index (χ2v) is 5.47. The summed E-state index contributed by atoms with van der Waals surface area (Å²) >= 11 is 6.03. The summed E-state index contributed by atoms with van der Waals surface area (Å²) < 4.78 is 5.03. The molecule has 0 spiro atoms. The first-order chi connectivity index (χ1) is 9.85. The standard InChI is InChI=1S/C15H20ClNO4.ClH/c1-4-10(8-17(2)3)15(20)11-5-6-13(12(16)7-11)21-9-14(18)19;/h5-7,10H,4,8-9H2,1-3H3,(H,18,19);1H. The fraction of sp³-hybridized carbons (Fsp3) is 0.467. The van der Waals surface area contributed by atoms with Crippen LogP contribution in [-0.4, -0.2) is 49.0 Å². The van der Waals surface area contributed by atoms with Gasteiger partial charge in [0.1, 0.15) is 5.75 Å². The van der Waals surface area contributed by atoms with Crippen LogP contribution in [0.25, 0.3) is 0 Å². The van der Waals surface area contributed by atoms with Crippen molar-refractivity contribution in [2.24, 2.45) is 5.92 Å². The maximum Gasteiger partial charge on any atom is 0.341 e. The van der Waals surface area contributed by atoms with Gasteiger partial charge in [-0.15, -0.1) is 12.4 Å². The van der Waals surface area contributed by atoms with Crippen molar-refractivity contribution >= 4 is 35.8 Å². The lowest BCUT2D eigenvalue weighted by Crippen LogP contribution is -2.27. The number of hydrogen-bond donors (Lipinski definition) is 1. The van der Waals surface area contributed by atoms with E-state index in [0.29, 0.717) is 12.1 Å². The van der Waals surface area contributed by atoms with E-state index in [1.54, 1.807) is 6.07 Å². The van der Waals surface area contributed by atoms with Gasteiger partial charge in [-0.25, -0.2) is 4.79 Å². The van der Waals surface area contributed by atoms with Gasteiger partial charge in [0.15, 0.2) is 12.4 Å². The summed E-state index contributed by atoms with van der Waals surface area (Å²) in [5, 5.41) is 8.81. The highest BCUT2D eigenvalue weighted by Crippen LogP contribution is 2.27. The molecule has 1 rings (SSSR count). The second kappa shape index (κ2) is 9.66. The molecule has 1 N–H and O–H groups in total. The van der Waals surface area contributed by atoms with Crippen LogP contribution in [0.1, 0.15) is 23.7 Å². The Kier molecular flexibility index (Phi) is 9.09. The van der Waals surface area contributed by atoms with Crippen LogP contribution in [0.2, 0.25) is 5.02 Å². The third-order valence-corrected chi connectivity index (χ3v) is 3.31. The molecule has 0 fully saturated rings. The third kappa shape index (κ3) is 6.22. The first-order valence-electron chi connectivity index (χ1n) is 6.68. The minimum Gasteiger partial charge on any atom is -0.480 e.